The molecule has 1 saturated heterocycles. The summed E-state index contributed by atoms with van der Waals surface area (Å²) in [7, 11) is -3.48. The second-order valence-corrected chi connectivity index (χ2v) is 6.32. The molecule has 0 amide bonds. The number of nitrogens with two attached hydrogens (primary N) is 1. The average molecular weight is 258 g/mol. The Morgan fingerprint density at radius 1 is 1.65 bits per heavy atom. The van der Waals surface area contributed by atoms with E-state index in [0.29, 0.717) is 19.0 Å². The zero-order valence-electron chi connectivity index (χ0n) is 9.83. The van der Waals surface area contributed by atoms with Gasteiger partial charge in [-0.3, -0.25) is 5.10 Å². The Morgan fingerprint density at radius 2 is 2.41 bits per heavy atom. The lowest BCUT2D eigenvalue weighted by Gasteiger charge is -2.37. The van der Waals surface area contributed by atoms with Crippen molar-refractivity contribution < 1.29 is 8.42 Å². The van der Waals surface area contributed by atoms with Gasteiger partial charge in [0, 0.05) is 19.1 Å². The molecule has 0 spiro atoms. The molecule has 0 saturated carbocycles. The molecule has 2 atom stereocenters. The third-order valence-electron chi connectivity index (χ3n) is 3.37. The number of H-pyrrole nitrogens is 1. The molecule has 2 heterocycles. The van der Waals surface area contributed by atoms with E-state index >= 15 is 0 Å². The summed E-state index contributed by atoms with van der Waals surface area (Å²) < 4.78 is 26.2. The molecular weight excluding hydrogens is 240 g/mol. The minimum Gasteiger partial charge on any atom is -0.329 e. The van der Waals surface area contributed by atoms with Gasteiger partial charge in [0.15, 0.2) is 5.03 Å². The van der Waals surface area contributed by atoms with Crippen molar-refractivity contribution in [3.63, 3.8) is 0 Å². The van der Waals surface area contributed by atoms with Crippen LogP contribution in [0, 0.1) is 5.92 Å². The molecule has 0 bridgehead atoms. The summed E-state index contributed by atoms with van der Waals surface area (Å²) in [5, 5.41) is 6.35. The second kappa shape index (κ2) is 4.75. The number of sulfonamides is 1. The third kappa shape index (κ3) is 2.22. The maximum atomic E-state index is 12.4. The average Bonchev–Trinajstić information content (AvgIpc) is 2.82. The first kappa shape index (κ1) is 12.5. The molecule has 2 unspecified atom stereocenters. The number of nitrogens with zero attached hydrogens (tertiary/aromatic N) is 2. The van der Waals surface area contributed by atoms with Crippen molar-refractivity contribution in [2.45, 2.75) is 30.8 Å². The number of hydrogen-bond donors (Lipinski definition) is 2. The second-order valence-electron chi connectivity index (χ2n) is 4.46. The molecule has 0 radical (unpaired) electrons. The van der Waals surface area contributed by atoms with E-state index in [9.17, 15) is 8.42 Å². The zero-order chi connectivity index (χ0) is 12.5. The molecule has 7 heteroatoms. The summed E-state index contributed by atoms with van der Waals surface area (Å²) in [6.45, 7) is 2.94. The van der Waals surface area contributed by atoms with Gasteiger partial charge < -0.3 is 5.73 Å². The Kier molecular flexibility index (Phi) is 3.50. The fraction of sp³-hybridized carbons (Fsp3) is 0.700. The number of piperidine rings is 1. The van der Waals surface area contributed by atoms with Crippen molar-refractivity contribution >= 4 is 10.0 Å². The number of aromatic amines is 1. The van der Waals surface area contributed by atoms with Crippen molar-refractivity contribution in [1.82, 2.24) is 14.5 Å². The van der Waals surface area contributed by atoms with Gasteiger partial charge in [-0.2, -0.15) is 9.40 Å². The maximum absolute atomic E-state index is 12.4. The van der Waals surface area contributed by atoms with Crippen molar-refractivity contribution in [2.75, 3.05) is 13.1 Å². The quantitative estimate of drug-likeness (QED) is 0.807. The Morgan fingerprint density at radius 3 is 3.00 bits per heavy atom. The first-order chi connectivity index (χ1) is 8.07. The Bertz CT molecular complexity index is 457. The molecule has 2 rings (SSSR count). The predicted molar refractivity (Wildman–Crippen MR) is 63.7 cm³/mol. The van der Waals surface area contributed by atoms with Crippen molar-refractivity contribution in [3.8, 4) is 0 Å². The highest BCUT2D eigenvalue weighted by Crippen LogP contribution is 2.27. The van der Waals surface area contributed by atoms with Crippen LogP contribution in [0.25, 0.3) is 0 Å². The number of rotatable bonds is 3. The molecule has 1 aliphatic rings. The van der Waals surface area contributed by atoms with Gasteiger partial charge in [-0.25, -0.2) is 8.42 Å². The van der Waals surface area contributed by atoms with E-state index in [1.54, 1.807) is 0 Å². The molecule has 1 aliphatic heterocycles. The molecule has 0 aromatic carbocycles. The molecule has 0 aliphatic carbocycles. The summed E-state index contributed by atoms with van der Waals surface area (Å²) in [4.78, 5) is 0. The van der Waals surface area contributed by atoms with Gasteiger partial charge in [0.2, 0.25) is 0 Å². The topological polar surface area (TPSA) is 92.1 Å². The fourth-order valence-electron chi connectivity index (χ4n) is 2.37. The highest BCUT2D eigenvalue weighted by molar-refractivity contribution is 7.89. The van der Waals surface area contributed by atoms with Crippen LogP contribution in [-0.4, -0.2) is 42.1 Å². The zero-order valence-corrected chi connectivity index (χ0v) is 10.7. The van der Waals surface area contributed by atoms with E-state index in [4.69, 9.17) is 5.73 Å². The first-order valence-corrected chi connectivity index (χ1v) is 7.22. The van der Waals surface area contributed by atoms with E-state index in [1.165, 1.54) is 16.6 Å². The number of hydrogen-bond acceptors (Lipinski definition) is 4. The lowest BCUT2D eigenvalue weighted by atomic mass is 9.93. The lowest BCUT2D eigenvalue weighted by Crippen LogP contribution is -2.51. The van der Waals surface area contributed by atoms with Crippen LogP contribution in [0.15, 0.2) is 17.3 Å². The van der Waals surface area contributed by atoms with Crippen LogP contribution in [0.4, 0.5) is 0 Å². The fourth-order valence-corrected chi connectivity index (χ4v) is 4.05. The summed E-state index contributed by atoms with van der Waals surface area (Å²) in [6, 6.07) is 1.36. The molecule has 96 valence electrons. The van der Waals surface area contributed by atoms with Gasteiger partial charge >= 0.3 is 0 Å². The molecule has 3 N–H and O–H groups in total. The van der Waals surface area contributed by atoms with Crippen LogP contribution in [0.3, 0.4) is 0 Å². The molecule has 1 aromatic heterocycles. The standard InChI is InChI=1S/C10H18N4O2S/c1-8-3-2-6-14(9(8)7-11)17(15,16)10-4-5-12-13-10/h4-5,8-9H,2-3,6-7,11H2,1H3,(H,12,13). The van der Waals surface area contributed by atoms with E-state index in [-0.39, 0.29) is 11.1 Å². The van der Waals surface area contributed by atoms with Crippen molar-refractivity contribution in [3.05, 3.63) is 12.3 Å². The third-order valence-corrected chi connectivity index (χ3v) is 5.22. The van der Waals surface area contributed by atoms with Crippen LogP contribution < -0.4 is 5.73 Å². The maximum Gasteiger partial charge on any atom is 0.260 e. The lowest BCUT2D eigenvalue weighted by molar-refractivity contribution is 0.192. The van der Waals surface area contributed by atoms with E-state index in [0.717, 1.165) is 12.8 Å². The van der Waals surface area contributed by atoms with Crippen LogP contribution in [0.1, 0.15) is 19.8 Å². The summed E-state index contributed by atoms with van der Waals surface area (Å²) >= 11 is 0. The van der Waals surface area contributed by atoms with Crippen molar-refractivity contribution in [1.29, 1.82) is 0 Å². The summed E-state index contributed by atoms with van der Waals surface area (Å²) in [5.41, 5.74) is 5.70. The summed E-state index contributed by atoms with van der Waals surface area (Å²) in [5.74, 6) is 0.298. The minimum atomic E-state index is -3.48. The SMILES string of the molecule is CC1CCCN(S(=O)(=O)c2ccn[nH]2)C1CN. The van der Waals surface area contributed by atoms with E-state index in [2.05, 4.69) is 10.2 Å². The molecule has 17 heavy (non-hydrogen) atoms. The van der Waals surface area contributed by atoms with Gasteiger partial charge in [0.25, 0.3) is 10.0 Å². The summed E-state index contributed by atoms with van der Waals surface area (Å²) in [6.07, 6.45) is 3.35. The number of aromatic nitrogens is 2. The molecule has 6 nitrogen and oxygen atoms in total. The van der Waals surface area contributed by atoms with E-state index < -0.39 is 10.0 Å². The van der Waals surface area contributed by atoms with Gasteiger partial charge in [-0.15, -0.1) is 0 Å². The van der Waals surface area contributed by atoms with E-state index in [1.807, 2.05) is 6.92 Å². The van der Waals surface area contributed by atoms with Crippen LogP contribution in [0.2, 0.25) is 0 Å². The van der Waals surface area contributed by atoms with Gasteiger partial charge in [-0.1, -0.05) is 6.92 Å². The van der Waals surface area contributed by atoms with Crippen LogP contribution >= 0.6 is 0 Å². The predicted octanol–water partition coefficient (Wildman–Crippen LogP) is 0.158. The van der Waals surface area contributed by atoms with Crippen LogP contribution in [-0.2, 0) is 10.0 Å². The smallest absolute Gasteiger partial charge is 0.260 e. The Hall–Kier alpha value is -0.920. The largest absolute Gasteiger partial charge is 0.329 e. The highest BCUT2D eigenvalue weighted by Gasteiger charge is 2.36. The molecule has 1 aromatic rings. The van der Waals surface area contributed by atoms with Gasteiger partial charge in [0.1, 0.15) is 0 Å². The van der Waals surface area contributed by atoms with Gasteiger partial charge in [0.05, 0.1) is 6.20 Å². The molecular formula is C10H18N4O2S. The first-order valence-electron chi connectivity index (χ1n) is 5.78. The Balaban J connectivity index is 2.32. The monoisotopic (exact) mass is 258 g/mol. The Labute approximate surface area is 101 Å². The van der Waals surface area contributed by atoms with Gasteiger partial charge in [-0.05, 0) is 24.8 Å². The highest BCUT2D eigenvalue weighted by atomic mass is 32.2. The van der Waals surface area contributed by atoms with Crippen molar-refractivity contribution in [2.24, 2.45) is 11.7 Å². The normalized spacial score (nSPS) is 27.2. The van der Waals surface area contributed by atoms with Crippen LogP contribution in [0.5, 0.6) is 0 Å². The molecule has 1 fully saturated rings. The number of nitrogens with one attached hydrogen (secondary N) is 1. The minimum absolute atomic E-state index is 0.114.